The van der Waals surface area contributed by atoms with Crippen LogP contribution in [0.25, 0.3) is 0 Å². The van der Waals surface area contributed by atoms with Crippen molar-refractivity contribution in [2.75, 3.05) is 6.54 Å². The summed E-state index contributed by atoms with van der Waals surface area (Å²) in [5.74, 6) is 0.937. The molecule has 3 aromatic rings. The molecule has 6 nitrogen and oxygen atoms in total. The molecule has 2 N–H and O–H groups in total. The lowest BCUT2D eigenvalue weighted by Gasteiger charge is -2.29. The topological polar surface area (TPSA) is 92.2 Å². The standard InChI is InChI=1S/C29H35N3O3S/c1-29(2,35)19-30-26(34)16-21-8-10-22(11-9-21)23-12-14-24(15-13-23)25(33)18-28-32-31-27(36-28)17-20-6-4-3-5-7-20/h3-7,12-15,21-22,35H,8-11,16-19H2,1-2H3,(H,30,34). The van der Waals surface area contributed by atoms with Gasteiger partial charge >= 0.3 is 0 Å². The van der Waals surface area contributed by atoms with Gasteiger partial charge in [0, 0.05) is 24.9 Å². The van der Waals surface area contributed by atoms with Crippen LogP contribution >= 0.6 is 11.3 Å². The predicted octanol–water partition coefficient (Wildman–Crippen LogP) is 5.11. The second kappa shape index (κ2) is 11.9. The fraction of sp³-hybridized carbons (Fsp3) is 0.448. The molecule has 1 saturated carbocycles. The van der Waals surface area contributed by atoms with Crippen LogP contribution in [-0.4, -0.2) is 39.1 Å². The highest BCUT2D eigenvalue weighted by atomic mass is 32.1. The molecule has 0 radical (unpaired) electrons. The molecule has 0 spiro atoms. The number of aliphatic hydroxyl groups is 1. The Labute approximate surface area is 217 Å². The van der Waals surface area contributed by atoms with E-state index in [2.05, 4.69) is 39.8 Å². The fourth-order valence-electron chi connectivity index (χ4n) is 4.73. The maximum Gasteiger partial charge on any atom is 0.220 e. The van der Waals surface area contributed by atoms with Crippen molar-refractivity contribution in [1.82, 2.24) is 15.5 Å². The average Bonchev–Trinajstić information content (AvgIpc) is 3.30. The lowest BCUT2D eigenvalue weighted by atomic mass is 9.77. The monoisotopic (exact) mass is 505 g/mol. The Morgan fingerprint density at radius 3 is 2.31 bits per heavy atom. The highest BCUT2D eigenvalue weighted by Gasteiger charge is 2.25. The second-order valence-corrected chi connectivity index (χ2v) is 11.6. The molecule has 1 aliphatic rings. The van der Waals surface area contributed by atoms with Gasteiger partial charge in [-0.05, 0) is 62.5 Å². The van der Waals surface area contributed by atoms with E-state index in [1.165, 1.54) is 22.5 Å². The molecule has 1 aliphatic carbocycles. The smallest absolute Gasteiger partial charge is 0.220 e. The number of hydrogen-bond acceptors (Lipinski definition) is 6. The van der Waals surface area contributed by atoms with E-state index < -0.39 is 5.60 Å². The fourth-order valence-corrected chi connectivity index (χ4v) is 5.61. The van der Waals surface area contributed by atoms with Crippen LogP contribution in [0.5, 0.6) is 0 Å². The largest absolute Gasteiger partial charge is 0.389 e. The first kappa shape index (κ1) is 26.2. The molecule has 1 amide bonds. The van der Waals surface area contributed by atoms with Gasteiger partial charge in [0.2, 0.25) is 5.91 Å². The van der Waals surface area contributed by atoms with E-state index in [-0.39, 0.29) is 24.7 Å². The van der Waals surface area contributed by atoms with Crippen molar-refractivity contribution in [2.45, 2.75) is 70.3 Å². The minimum absolute atomic E-state index is 0.0195. The van der Waals surface area contributed by atoms with Crippen molar-refractivity contribution in [3.05, 3.63) is 81.3 Å². The molecule has 7 heteroatoms. The van der Waals surface area contributed by atoms with E-state index in [9.17, 15) is 14.7 Å². The van der Waals surface area contributed by atoms with Crippen molar-refractivity contribution in [1.29, 1.82) is 0 Å². The molecule has 1 aromatic heterocycles. The summed E-state index contributed by atoms with van der Waals surface area (Å²) in [5, 5.41) is 22.8. The van der Waals surface area contributed by atoms with Gasteiger partial charge in [-0.2, -0.15) is 0 Å². The van der Waals surface area contributed by atoms with Crippen molar-refractivity contribution >= 4 is 23.0 Å². The molecule has 1 fully saturated rings. The Morgan fingerprint density at radius 1 is 0.972 bits per heavy atom. The van der Waals surface area contributed by atoms with Crippen molar-refractivity contribution in [3.63, 3.8) is 0 Å². The second-order valence-electron chi connectivity index (χ2n) is 10.5. The minimum Gasteiger partial charge on any atom is -0.389 e. The van der Waals surface area contributed by atoms with Crippen molar-refractivity contribution < 1.29 is 14.7 Å². The van der Waals surface area contributed by atoms with Crippen LogP contribution in [0.15, 0.2) is 54.6 Å². The van der Waals surface area contributed by atoms with E-state index in [1.807, 2.05) is 30.3 Å². The quantitative estimate of drug-likeness (QED) is 0.374. The zero-order valence-corrected chi connectivity index (χ0v) is 21.9. The van der Waals surface area contributed by atoms with Crippen LogP contribution in [0.3, 0.4) is 0 Å². The number of Topliss-reactive ketones (excluding diaryl/α,β-unsaturated/α-hetero) is 1. The average molecular weight is 506 g/mol. The van der Waals surface area contributed by atoms with E-state index in [0.717, 1.165) is 42.1 Å². The highest BCUT2D eigenvalue weighted by Crippen LogP contribution is 2.37. The van der Waals surface area contributed by atoms with Gasteiger partial charge in [-0.1, -0.05) is 54.6 Å². The number of benzene rings is 2. The Bertz CT molecular complexity index is 1140. The number of ketones is 1. The van der Waals surface area contributed by atoms with Gasteiger partial charge < -0.3 is 10.4 Å². The summed E-state index contributed by atoms with van der Waals surface area (Å²) in [6.45, 7) is 3.66. The molecular formula is C29H35N3O3S. The molecule has 0 bridgehead atoms. The number of hydrogen-bond donors (Lipinski definition) is 2. The molecular weight excluding hydrogens is 470 g/mol. The maximum atomic E-state index is 12.8. The summed E-state index contributed by atoms with van der Waals surface area (Å²) in [6.07, 6.45) is 5.65. The Morgan fingerprint density at radius 2 is 1.64 bits per heavy atom. The molecule has 2 aromatic carbocycles. The molecule has 1 heterocycles. The third kappa shape index (κ3) is 7.80. The van der Waals surface area contributed by atoms with E-state index in [4.69, 9.17) is 0 Å². The first-order valence-corrected chi connectivity index (χ1v) is 13.5. The number of nitrogens with zero attached hydrogens (tertiary/aromatic N) is 2. The molecule has 36 heavy (non-hydrogen) atoms. The van der Waals surface area contributed by atoms with Gasteiger partial charge in [-0.15, -0.1) is 21.5 Å². The maximum absolute atomic E-state index is 12.8. The van der Waals surface area contributed by atoms with Crippen LogP contribution in [0.2, 0.25) is 0 Å². The summed E-state index contributed by atoms with van der Waals surface area (Å²) in [4.78, 5) is 25.0. The van der Waals surface area contributed by atoms with Gasteiger partial charge in [-0.25, -0.2) is 0 Å². The summed E-state index contributed by atoms with van der Waals surface area (Å²) < 4.78 is 0. The summed E-state index contributed by atoms with van der Waals surface area (Å²) in [6, 6.07) is 18.2. The third-order valence-electron chi connectivity index (χ3n) is 6.76. The van der Waals surface area contributed by atoms with E-state index >= 15 is 0 Å². The molecule has 190 valence electrons. The number of nitrogens with one attached hydrogen (secondary N) is 1. The lowest BCUT2D eigenvalue weighted by Crippen LogP contribution is -2.39. The normalized spacial score (nSPS) is 18.1. The zero-order valence-electron chi connectivity index (χ0n) is 21.1. The van der Waals surface area contributed by atoms with Gasteiger partial charge in [0.15, 0.2) is 5.78 Å². The Kier molecular flexibility index (Phi) is 8.64. The van der Waals surface area contributed by atoms with Crippen LogP contribution in [-0.2, 0) is 17.6 Å². The Hall–Kier alpha value is -2.90. The highest BCUT2D eigenvalue weighted by molar-refractivity contribution is 7.11. The van der Waals surface area contributed by atoms with Crippen molar-refractivity contribution in [3.8, 4) is 0 Å². The third-order valence-corrected chi connectivity index (χ3v) is 7.68. The van der Waals surface area contributed by atoms with Gasteiger partial charge in [0.05, 0.1) is 12.0 Å². The molecule has 0 unspecified atom stereocenters. The SMILES string of the molecule is CC(C)(O)CNC(=O)CC1CCC(c2ccc(C(=O)Cc3nnc(Cc4ccccc4)s3)cc2)CC1. The number of carbonyl (C=O) groups excluding carboxylic acids is 2. The molecule has 0 aliphatic heterocycles. The molecule has 4 rings (SSSR count). The molecule has 0 atom stereocenters. The van der Waals surface area contributed by atoms with Gasteiger partial charge in [0.1, 0.15) is 10.0 Å². The number of aromatic nitrogens is 2. The van der Waals surface area contributed by atoms with E-state index in [1.54, 1.807) is 13.8 Å². The van der Waals surface area contributed by atoms with E-state index in [0.29, 0.717) is 23.8 Å². The van der Waals surface area contributed by atoms with Crippen LogP contribution in [0, 0.1) is 5.92 Å². The summed E-state index contributed by atoms with van der Waals surface area (Å²) in [7, 11) is 0. The molecule has 0 saturated heterocycles. The first-order chi connectivity index (χ1) is 17.2. The van der Waals surface area contributed by atoms with Crippen LogP contribution in [0.4, 0.5) is 0 Å². The number of amides is 1. The number of rotatable bonds is 10. The van der Waals surface area contributed by atoms with Crippen LogP contribution < -0.4 is 5.32 Å². The van der Waals surface area contributed by atoms with Gasteiger partial charge in [0.25, 0.3) is 0 Å². The summed E-state index contributed by atoms with van der Waals surface area (Å²) in [5.41, 5.74) is 2.27. The summed E-state index contributed by atoms with van der Waals surface area (Å²) >= 11 is 1.50. The number of carbonyl (C=O) groups is 2. The predicted molar refractivity (Wildman–Crippen MR) is 142 cm³/mol. The minimum atomic E-state index is -0.886. The Balaban J connectivity index is 1.24. The van der Waals surface area contributed by atoms with Crippen LogP contribution in [0.1, 0.15) is 83.4 Å². The lowest BCUT2D eigenvalue weighted by molar-refractivity contribution is -0.123. The van der Waals surface area contributed by atoms with Crippen molar-refractivity contribution in [2.24, 2.45) is 5.92 Å². The zero-order chi connectivity index (χ0) is 25.5. The van der Waals surface area contributed by atoms with Gasteiger partial charge in [-0.3, -0.25) is 9.59 Å². The first-order valence-electron chi connectivity index (χ1n) is 12.7.